The summed E-state index contributed by atoms with van der Waals surface area (Å²) >= 11 is 1.90. The molecule has 4 nitrogen and oxygen atoms in total. The van der Waals surface area contributed by atoms with Crippen LogP contribution in [0.25, 0.3) is 0 Å². The molecule has 1 heterocycles. The van der Waals surface area contributed by atoms with Crippen LogP contribution in [0.2, 0.25) is 0 Å². The highest BCUT2D eigenvalue weighted by Gasteiger charge is 2.28. The first kappa shape index (κ1) is 22.5. The van der Waals surface area contributed by atoms with Crippen molar-refractivity contribution in [3.05, 3.63) is 54.1 Å². The maximum atomic E-state index is 12.3. The van der Waals surface area contributed by atoms with Gasteiger partial charge in [-0.25, -0.2) is 0 Å². The van der Waals surface area contributed by atoms with E-state index < -0.39 is 0 Å². The van der Waals surface area contributed by atoms with Crippen molar-refractivity contribution in [2.75, 3.05) is 30.9 Å². The molecule has 5 heteroatoms. The second-order valence-electron chi connectivity index (χ2n) is 7.78. The van der Waals surface area contributed by atoms with Crippen LogP contribution >= 0.6 is 11.8 Å². The third kappa shape index (κ3) is 6.18. The van der Waals surface area contributed by atoms with E-state index in [1.54, 1.807) is 7.11 Å². The van der Waals surface area contributed by atoms with Gasteiger partial charge in [0.15, 0.2) is 0 Å². The van der Waals surface area contributed by atoms with E-state index in [9.17, 15) is 4.79 Å². The zero-order chi connectivity index (χ0) is 21.2. The molecule has 3 rings (SSSR count). The number of benzene rings is 2. The molecule has 1 aliphatic rings. The van der Waals surface area contributed by atoms with Crippen LogP contribution in [-0.4, -0.2) is 31.9 Å². The third-order valence-corrected chi connectivity index (χ3v) is 6.73. The van der Waals surface area contributed by atoms with E-state index in [0.29, 0.717) is 12.5 Å². The van der Waals surface area contributed by atoms with Crippen LogP contribution in [0.4, 0.5) is 5.69 Å². The topological polar surface area (TPSA) is 41.6 Å². The molecule has 2 aromatic rings. The Kier molecular flexibility index (Phi) is 8.94. The molecule has 0 radical (unpaired) electrons. The summed E-state index contributed by atoms with van der Waals surface area (Å²) in [5.41, 5.74) is 2.53. The Morgan fingerprint density at radius 3 is 2.73 bits per heavy atom. The summed E-state index contributed by atoms with van der Waals surface area (Å²) in [5.74, 6) is 2.05. The molecule has 0 aliphatic carbocycles. The molecule has 0 bridgehead atoms. The van der Waals surface area contributed by atoms with E-state index >= 15 is 0 Å². The van der Waals surface area contributed by atoms with E-state index in [-0.39, 0.29) is 5.91 Å². The molecular formula is C25H34N2O2S. The van der Waals surface area contributed by atoms with Crippen LogP contribution in [0.3, 0.4) is 0 Å². The highest BCUT2D eigenvalue weighted by molar-refractivity contribution is 7.99. The van der Waals surface area contributed by atoms with Crippen molar-refractivity contribution >= 4 is 23.4 Å². The summed E-state index contributed by atoms with van der Waals surface area (Å²) in [6.45, 7) is 3.85. The second-order valence-corrected chi connectivity index (χ2v) is 8.84. The summed E-state index contributed by atoms with van der Waals surface area (Å²) < 4.78 is 5.48. The standard InChI is InChI=1S/C25H34N2O2S/c1-3-4-5-9-16-26-25(28)13-10-17-27-22-18-21(29-2)14-15-24(22)30-19-23(27)20-11-7-6-8-12-20/h6-8,11-12,14-15,18,23H,3-5,9-10,13,16-17,19H2,1-2H3,(H,26,28). The fraction of sp³-hybridized carbons (Fsp3) is 0.480. The smallest absolute Gasteiger partial charge is 0.220 e. The van der Waals surface area contributed by atoms with Crippen LogP contribution in [0.1, 0.15) is 57.1 Å². The lowest BCUT2D eigenvalue weighted by molar-refractivity contribution is -0.121. The highest BCUT2D eigenvalue weighted by atomic mass is 32.2. The fourth-order valence-electron chi connectivity index (χ4n) is 3.90. The number of carbonyl (C=O) groups excluding carboxylic acids is 1. The Hall–Kier alpha value is -2.14. The number of fused-ring (bicyclic) bond motifs is 1. The molecule has 0 aromatic heterocycles. The SMILES string of the molecule is CCCCCCNC(=O)CCCN1c2cc(OC)ccc2SCC1c1ccccc1. The Morgan fingerprint density at radius 2 is 1.97 bits per heavy atom. The van der Waals surface area contributed by atoms with E-state index in [1.165, 1.54) is 35.4 Å². The van der Waals surface area contributed by atoms with Gasteiger partial charge in [-0.15, -0.1) is 11.8 Å². The number of methoxy groups -OCH3 is 1. The molecular weight excluding hydrogens is 392 g/mol. The first-order chi connectivity index (χ1) is 14.7. The number of rotatable bonds is 11. The summed E-state index contributed by atoms with van der Waals surface area (Å²) in [6, 6.07) is 17.3. The van der Waals surface area contributed by atoms with Crippen molar-refractivity contribution in [3.63, 3.8) is 0 Å². The molecule has 0 saturated heterocycles. The number of carbonyl (C=O) groups is 1. The van der Waals surface area contributed by atoms with Gasteiger partial charge in [0.1, 0.15) is 5.75 Å². The lowest BCUT2D eigenvalue weighted by Crippen LogP contribution is -2.35. The maximum absolute atomic E-state index is 12.3. The molecule has 1 aliphatic heterocycles. The number of hydrogen-bond acceptors (Lipinski definition) is 4. The molecule has 0 fully saturated rings. The Balaban J connectivity index is 1.64. The Labute approximate surface area is 185 Å². The zero-order valence-corrected chi connectivity index (χ0v) is 19.0. The van der Waals surface area contributed by atoms with Crippen LogP contribution in [0, 0.1) is 0 Å². The van der Waals surface area contributed by atoms with Gasteiger partial charge < -0.3 is 15.0 Å². The van der Waals surface area contributed by atoms with Crippen molar-refractivity contribution in [1.82, 2.24) is 5.32 Å². The Morgan fingerprint density at radius 1 is 1.13 bits per heavy atom. The van der Waals surface area contributed by atoms with Gasteiger partial charge in [0.2, 0.25) is 5.91 Å². The third-order valence-electron chi connectivity index (χ3n) is 5.59. The molecule has 162 valence electrons. The van der Waals surface area contributed by atoms with Crippen LogP contribution < -0.4 is 15.0 Å². The van der Waals surface area contributed by atoms with Gasteiger partial charge in [0.25, 0.3) is 0 Å². The van der Waals surface area contributed by atoms with Gasteiger partial charge in [-0.3, -0.25) is 4.79 Å². The van der Waals surface area contributed by atoms with Gasteiger partial charge in [-0.05, 0) is 30.5 Å². The van der Waals surface area contributed by atoms with Crippen molar-refractivity contribution < 1.29 is 9.53 Å². The Bertz CT molecular complexity index is 797. The molecule has 0 spiro atoms. The number of unbranched alkanes of at least 4 members (excludes halogenated alkanes) is 3. The second kappa shape index (κ2) is 11.9. The predicted octanol–water partition coefficient (Wildman–Crippen LogP) is 5.83. The van der Waals surface area contributed by atoms with Crippen molar-refractivity contribution in [1.29, 1.82) is 0 Å². The molecule has 0 saturated carbocycles. The summed E-state index contributed by atoms with van der Waals surface area (Å²) in [7, 11) is 1.71. The molecule has 2 aromatic carbocycles. The largest absolute Gasteiger partial charge is 0.497 e. The van der Waals surface area contributed by atoms with Gasteiger partial charge >= 0.3 is 0 Å². The number of anilines is 1. The average Bonchev–Trinajstić information content (AvgIpc) is 2.79. The number of ether oxygens (including phenoxy) is 1. The summed E-state index contributed by atoms with van der Waals surface area (Å²) in [6.07, 6.45) is 6.14. The van der Waals surface area contributed by atoms with Crippen molar-refractivity contribution in [3.8, 4) is 5.75 Å². The number of amides is 1. The molecule has 1 unspecified atom stereocenters. The minimum atomic E-state index is 0.167. The van der Waals surface area contributed by atoms with E-state index in [4.69, 9.17) is 4.74 Å². The van der Waals surface area contributed by atoms with Gasteiger partial charge in [-0.2, -0.15) is 0 Å². The monoisotopic (exact) mass is 426 g/mol. The predicted molar refractivity (Wildman–Crippen MR) is 127 cm³/mol. The quantitative estimate of drug-likeness (QED) is 0.459. The molecule has 1 atom stereocenters. The minimum absolute atomic E-state index is 0.167. The minimum Gasteiger partial charge on any atom is -0.497 e. The maximum Gasteiger partial charge on any atom is 0.220 e. The van der Waals surface area contributed by atoms with E-state index in [2.05, 4.69) is 59.6 Å². The summed E-state index contributed by atoms with van der Waals surface area (Å²) in [5, 5.41) is 3.08. The first-order valence-electron chi connectivity index (χ1n) is 11.1. The number of nitrogens with zero attached hydrogens (tertiary/aromatic N) is 1. The fourth-order valence-corrected chi connectivity index (χ4v) is 5.10. The van der Waals surface area contributed by atoms with Crippen LogP contribution in [0.15, 0.2) is 53.4 Å². The molecule has 30 heavy (non-hydrogen) atoms. The van der Waals surface area contributed by atoms with Crippen LogP contribution in [-0.2, 0) is 4.79 Å². The highest BCUT2D eigenvalue weighted by Crippen LogP contribution is 2.44. The van der Waals surface area contributed by atoms with E-state index in [1.807, 2.05) is 17.8 Å². The molecule has 1 N–H and O–H groups in total. The van der Waals surface area contributed by atoms with Gasteiger partial charge in [0, 0.05) is 36.2 Å². The lowest BCUT2D eigenvalue weighted by atomic mass is 10.0. The van der Waals surface area contributed by atoms with Crippen molar-refractivity contribution in [2.24, 2.45) is 0 Å². The van der Waals surface area contributed by atoms with Gasteiger partial charge in [0.05, 0.1) is 18.8 Å². The zero-order valence-electron chi connectivity index (χ0n) is 18.2. The summed E-state index contributed by atoms with van der Waals surface area (Å²) in [4.78, 5) is 16.0. The van der Waals surface area contributed by atoms with Gasteiger partial charge in [-0.1, -0.05) is 56.5 Å². The average molecular weight is 427 g/mol. The van der Waals surface area contributed by atoms with Crippen molar-refractivity contribution in [2.45, 2.75) is 56.4 Å². The number of hydrogen-bond donors (Lipinski definition) is 1. The van der Waals surface area contributed by atoms with Crippen LogP contribution in [0.5, 0.6) is 5.75 Å². The molecule has 1 amide bonds. The number of nitrogens with one attached hydrogen (secondary N) is 1. The van der Waals surface area contributed by atoms with E-state index in [0.717, 1.165) is 37.4 Å². The number of thioether (sulfide) groups is 1. The normalized spacial score (nSPS) is 15.5. The first-order valence-corrected chi connectivity index (χ1v) is 12.1. The lowest BCUT2D eigenvalue weighted by Gasteiger charge is -2.39.